The van der Waals surface area contributed by atoms with Gasteiger partial charge in [-0.1, -0.05) is 146 Å². The van der Waals surface area contributed by atoms with Crippen LogP contribution < -0.4 is 4.90 Å². The summed E-state index contributed by atoms with van der Waals surface area (Å²) in [5.41, 5.74) is 13.2. The maximum atomic E-state index is 6.27. The Kier molecular flexibility index (Phi) is 7.54. The molecule has 2 aromatic heterocycles. The van der Waals surface area contributed by atoms with Gasteiger partial charge in [0.1, 0.15) is 11.2 Å². The molecular weight excluding hydrogens is 717 g/mol. The van der Waals surface area contributed by atoms with Crippen molar-refractivity contribution in [2.24, 2.45) is 0 Å². The van der Waals surface area contributed by atoms with E-state index in [0.29, 0.717) is 0 Å². The summed E-state index contributed by atoms with van der Waals surface area (Å²) in [6, 6.07) is 78.8. The Morgan fingerprint density at radius 3 is 1.69 bits per heavy atom. The first-order valence-electron chi connectivity index (χ1n) is 20.2. The Hall–Kier alpha value is -7.88. The number of hydrogen-bond donors (Lipinski definition) is 0. The van der Waals surface area contributed by atoms with Crippen molar-refractivity contribution in [3.8, 4) is 27.9 Å². The molecule has 0 bridgehead atoms. The highest BCUT2D eigenvalue weighted by Gasteiger charge is 2.20. The molecule has 0 aliphatic carbocycles. The number of furan rings is 1. The van der Waals surface area contributed by atoms with Gasteiger partial charge in [-0.3, -0.25) is 0 Å². The molecule has 0 saturated heterocycles. The lowest BCUT2D eigenvalue weighted by Crippen LogP contribution is -2.11. The molecule has 0 saturated carbocycles. The van der Waals surface area contributed by atoms with Gasteiger partial charge in [0, 0.05) is 44.2 Å². The van der Waals surface area contributed by atoms with Crippen LogP contribution >= 0.6 is 0 Å². The van der Waals surface area contributed by atoms with E-state index in [2.05, 4.69) is 216 Å². The largest absolute Gasteiger partial charge is 0.456 e. The number of nitrogens with zero attached hydrogens (tertiary/aromatic N) is 2. The van der Waals surface area contributed by atoms with E-state index in [9.17, 15) is 0 Å². The second-order valence-corrected chi connectivity index (χ2v) is 15.3. The van der Waals surface area contributed by atoms with Gasteiger partial charge in [0.15, 0.2) is 0 Å². The summed E-state index contributed by atoms with van der Waals surface area (Å²) in [6.07, 6.45) is 0. The van der Waals surface area contributed by atoms with E-state index in [0.717, 1.165) is 61.4 Å². The SMILES string of the molecule is c1ccc(N(c2ccc(-c3cccc4oc5ccccc5c34)cc2)c2ccc(-n3c4ccccc4c4ccccc43)cc2)c(-c2ccc3c(ccc4ccccc43)c2)c1. The van der Waals surface area contributed by atoms with Crippen LogP contribution in [-0.2, 0) is 0 Å². The lowest BCUT2D eigenvalue weighted by Gasteiger charge is -2.28. The molecule has 0 fully saturated rings. The van der Waals surface area contributed by atoms with E-state index in [1.54, 1.807) is 0 Å². The van der Waals surface area contributed by atoms with Gasteiger partial charge in [-0.25, -0.2) is 0 Å². The summed E-state index contributed by atoms with van der Waals surface area (Å²) in [7, 11) is 0. The lowest BCUT2D eigenvalue weighted by atomic mass is 9.96. The smallest absolute Gasteiger partial charge is 0.136 e. The first-order chi connectivity index (χ1) is 29.3. The summed E-state index contributed by atoms with van der Waals surface area (Å²) in [5.74, 6) is 0. The second-order valence-electron chi connectivity index (χ2n) is 15.3. The Labute approximate surface area is 341 Å². The number of fused-ring (bicyclic) bond motifs is 9. The highest BCUT2D eigenvalue weighted by Crippen LogP contribution is 2.44. The van der Waals surface area contributed by atoms with Gasteiger partial charge in [-0.15, -0.1) is 0 Å². The maximum absolute atomic E-state index is 6.27. The molecule has 0 N–H and O–H groups in total. The lowest BCUT2D eigenvalue weighted by molar-refractivity contribution is 0.669. The van der Waals surface area contributed by atoms with E-state index in [1.807, 2.05) is 12.1 Å². The van der Waals surface area contributed by atoms with Crippen LogP contribution in [0.5, 0.6) is 0 Å². The predicted molar refractivity (Wildman–Crippen MR) is 249 cm³/mol. The summed E-state index contributed by atoms with van der Waals surface area (Å²) < 4.78 is 8.64. The third-order valence-corrected chi connectivity index (χ3v) is 12.0. The van der Waals surface area contributed by atoms with Crippen LogP contribution in [0.4, 0.5) is 17.1 Å². The average Bonchev–Trinajstić information content (AvgIpc) is 3.86. The Morgan fingerprint density at radius 2 is 0.915 bits per heavy atom. The third-order valence-electron chi connectivity index (χ3n) is 12.0. The summed E-state index contributed by atoms with van der Waals surface area (Å²) in [4.78, 5) is 2.40. The fraction of sp³-hybridized carbons (Fsp3) is 0. The van der Waals surface area contributed by atoms with Crippen LogP contribution in [0.3, 0.4) is 0 Å². The molecule has 276 valence electrons. The van der Waals surface area contributed by atoms with Crippen molar-refractivity contribution in [2.45, 2.75) is 0 Å². The van der Waals surface area contributed by atoms with Gasteiger partial charge >= 0.3 is 0 Å². The van der Waals surface area contributed by atoms with Gasteiger partial charge in [0.05, 0.1) is 16.7 Å². The number of anilines is 3. The van der Waals surface area contributed by atoms with E-state index in [4.69, 9.17) is 4.42 Å². The first kappa shape index (κ1) is 33.3. The molecular formula is C56H36N2O. The molecule has 0 spiro atoms. The zero-order chi connectivity index (χ0) is 38.9. The van der Waals surface area contributed by atoms with Crippen molar-refractivity contribution in [3.05, 3.63) is 218 Å². The molecule has 12 rings (SSSR count). The number of para-hydroxylation sites is 4. The van der Waals surface area contributed by atoms with Crippen LogP contribution in [0, 0.1) is 0 Å². The molecule has 0 radical (unpaired) electrons. The normalized spacial score (nSPS) is 11.7. The molecule has 0 atom stereocenters. The number of benzene rings is 10. The maximum Gasteiger partial charge on any atom is 0.136 e. The zero-order valence-electron chi connectivity index (χ0n) is 32.1. The van der Waals surface area contributed by atoms with Gasteiger partial charge < -0.3 is 13.9 Å². The third kappa shape index (κ3) is 5.36. The standard InChI is InChI=1S/C56H36N2O/c1-2-13-44-37(12-1)24-25-39-36-40(28-35-45(39)44)46-14-3-7-19-51(46)57(41-29-26-38(27-30-41)47-18-11-23-55-56(47)50-17-6-10-22-54(50)59-55)42-31-33-43(34-32-42)58-52-20-8-4-15-48(52)49-16-5-9-21-53(49)58/h1-36H. The summed E-state index contributed by atoms with van der Waals surface area (Å²) in [5, 5.41) is 9.79. The molecule has 12 aromatic rings. The Bertz CT molecular complexity index is 3500. The molecule has 3 heteroatoms. The summed E-state index contributed by atoms with van der Waals surface area (Å²) in [6.45, 7) is 0. The molecule has 10 aromatic carbocycles. The van der Waals surface area contributed by atoms with Gasteiger partial charge in [-0.2, -0.15) is 0 Å². The zero-order valence-corrected chi connectivity index (χ0v) is 32.1. The van der Waals surface area contributed by atoms with E-state index in [1.165, 1.54) is 48.9 Å². The quantitative estimate of drug-likeness (QED) is 0.158. The first-order valence-corrected chi connectivity index (χ1v) is 20.2. The molecule has 3 nitrogen and oxygen atoms in total. The van der Waals surface area contributed by atoms with Crippen molar-refractivity contribution >= 4 is 82.4 Å². The van der Waals surface area contributed by atoms with Crippen molar-refractivity contribution in [1.29, 1.82) is 0 Å². The molecule has 0 amide bonds. The van der Waals surface area contributed by atoms with E-state index < -0.39 is 0 Å². The number of aromatic nitrogens is 1. The van der Waals surface area contributed by atoms with Gasteiger partial charge in [-0.05, 0) is 111 Å². The number of rotatable bonds is 6. The van der Waals surface area contributed by atoms with Gasteiger partial charge in [0.25, 0.3) is 0 Å². The van der Waals surface area contributed by atoms with Crippen molar-refractivity contribution < 1.29 is 4.42 Å². The highest BCUT2D eigenvalue weighted by molar-refractivity contribution is 6.13. The molecule has 0 aliphatic rings. The van der Waals surface area contributed by atoms with Crippen LogP contribution in [0.15, 0.2) is 223 Å². The van der Waals surface area contributed by atoms with Crippen molar-refractivity contribution in [3.63, 3.8) is 0 Å². The second kappa shape index (κ2) is 13.4. The minimum absolute atomic E-state index is 0.898. The molecule has 2 heterocycles. The van der Waals surface area contributed by atoms with Crippen LogP contribution in [0.2, 0.25) is 0 Å². The monoisotopic (exact) mass is 752 g/mol. The Balaban J connectivity index is 1.02. The van der Waals surface area contributed by atoms with Crippen LogP contribution in [0.25, 0.3) is 93.2 Å². The minimum Gasteiger partial charge on any atom is -0.456 e. The van der Waals surface area contributed by atoms with Gasteiger partial charge in [0.2, 0.25) is 0 Å². The van der Waals surface area contributed by atoms with Crippen LogP contribution in [0.1, 0.15) is 0 Å². The van der Waals surface area contributed by atoms with Crippen molar-refractivity contribution in [1.82, 2.24) is 4.57 Å². The fourth-order valence-corrected chi connectivity index (χ4v) is 9.28. The van der Waals surface area contributed by atoms with E-state index >= 15 is 0 Å². The molecule has 0 unspecified atom stereocenters. The van der Waals surface area contributed by atoms with Crippen molar-refractivity contribution in [2.75, 3.05) is 4.90 Å². The number of hydrogen-bond acceptors (Lipinski definition) is 2. The van der Waals surface area contributed by atoms with E-state index in [-0.39, 0.29) is 0 Å². The Morgan fingerprint density at radius 1 is 0.356 bits per heavy atom. The topological polar surface area (TPSA) is 21.3 Å². The summed E-state index contributed by atoms with van der Waals surface area (Å²) >= 11 is 0. The highest BCUT2D eigenvalue weighted by atomic mass is 16.3. The average molecular weight is 753 g/mol. The minimum atomic E-state index is 0.898. The fourth-order valence-electron chi connectivity index (χ4n) is 9.28. The molecule has 59 heavy (non-hydrogen) atoms. The molecule has 0 aliphatic heterocycles. The predicted octanol–water partition coefficient (Wildman–Crippen LogP) is 15.8. The van der Waals surface area contributed by atoms with Crippen LogP contribution in [-0.4, -0.2) is 4.57 Å².